The number of nitrogens with zero attached hydrogens (tertiary/aromatic N) is 6. The number of anilines is 2. The highest BCUT2D eigenvalue weighted by atomic mass is 19.4. The summed E-state index contributed by atoms with van der Waals surface area (Å²) in [6.45, 7) is 4.40. The van der Waals surface area contributed by atoms with Crippen LogP contribution >= 0.6 is 0 Å². The molecule has 0 bridgehead atoms. The zero-order valence-electron chi connectivity index (χ0n) is 16.9. The lowest BCUT2D eigenvalue weighted by Crippen LogP contribution is -2.46. The van der Waals surface area contributed by atoms with Crippen LogP contribution in [-0.2, 0) is 10.9 Å². The average Bonchev–Trinajstić information content (AvgIpc) is 2.73. The summed E-state index contributed by atoms with van der Waals surface area (Å²) < 4.78 is 46.2. The van der Waals surface area contributed by atoms with Crippen molar-refractivity contribution in [1.82, 2.24) is 19.9 Å². The molecular weight excluding hydrogens is 409 g/mol. The van der Waals surface area contributed by atoms with Gasteiger partial charge in [0.2, 0.25) is 5.95 Å². The number of fused-ring (bicyclic) bond motifs is 1. The molecule has 2 aliphatic rings. The van der Waals surface area contributed by atoms with Gasteiger partial charge in [0.25, 0.3) is 0 Å². The van der Waals surface area contributed by atoms with Crippen molar-refractivity contribution in [1.29, 1.82) is 0 Å². The number of aromatic nitrogens is 4. The molecule has 1 unspecified atom stereocenters. The number of pyridine rings is 2. The fourth-order valence-corrected chi connectivity index (χ4v) is 4.19. The van der Waals surface area contributed by atoms with E-state index in [2.05, 4.69) is 19.9 Å². The zero-order valence-corrected chi connectivity index (χ0v) is 16.9. The van der Waals surface area contributed by atoms with Gasteiger partial charge >= 0.3 is 6.18 Å². The minimum Gasteiger partial charge on any atom is -0.377 e. The van der Waals surface area contributed by atoms with Gasteiger partial charge in [0.15, 0.2) is 5.65 Å². The largest absolute Gasteiger partial charge is 0.433 e. The lowest BCUT2D eigenvalue weighted by molar-refractivity contribution is -0.142. The molecule has 0 aromatic carbocycles. The van der Waals surface area contributed by atoms with E-state index in [0.29, 0.717) is 55.5 Å². The highest BCUT2D eigenvalue weighted by Gasteiger charge is 2.41. The summed E-state index contributed by atoms with van der Waals surface area (Å²) in [5, 5.41) is 0.717. The summed E-state index contributed by atoms with van der Waals surface area (Å²) in [6, 6.07) is 6.31. The third-order valence-corrected chi connectivity index (χ3v) is 5.82. The van der Waals surface area contributed by atoms with Crippen molar-refractivity contribution in [2.45, 2.75) is 31.6 Å². The van der Waals surface area contributed by atoms with Crippen molar-refractivity contribution < 1.29 is 17.9 Å². The summed E-state index contributed by atoms with van der Waals surface area (Å²) in [5.74, 6) is 1.12. The summed E-state index contributed by atoms with van der Waals surface area (Å²) in [5.41, 5.74) is -0.157. The smallest absolute Gasteiger partial charge is 0.377 e. The molecule has 5 rings (SSSR count). The molecule has 31 heavy (non-hydrogen) atoms. The Kier molecular flexibility index (Phi) is 4.88. The van der Waals surface area contributed by atoms with Crippen LogP contribution in [0, 0.1) is 0 Å². The van der Waals surface area contributed by atoms with Gasteiger partial charge in [-0.1, -0.05) is 6.07 Å². The Morgan fingerprint density at radius 1 is 1.03 bits per heavy atom. The van der Waals surface area contributed by atoms with Crippen LogP contribution < -0.4 is 9.80 Å². The molecule has 5 heterocycles. The van der Waals surface area contributed by atoms with Gasteiger partial charge in [-0.05, 0) is 31.5 Å². The van der Waals surface area contributed by atoms with E-state index in [0.717, 1.165) is 0 Å². The van der Waals surface area contributed by atoms with Crippen molar-refractivity contribution in [2.75, 3.05) is 36.1 Å². The fraction of sp³-hybridized carbons (Fsp3) is 0.429. The standard InChI is InChI=1S/C21H21F3N6O/c1-13-12-31-11-10-29(13)20-27-18-15(5-3-8-26-18)19(28-20)30-9-6-16(30)14-4-2-7-25-17(14)21(22,23)24/h2-5,7-8,13,16H,6,9-12H2,1H3/t13-,16?/m1/s1. The first-order valence-corrected chi connectivity index (χ1v) is 10.2. The monoisotopic (exact) mass is 430 g/mol. The topological polar surface area (TPSA) is 67.3 Å². The lowest BCUT2D eigenvalue weighted by atomic mass is 9.93. The fourth-order valence-electron chi connectivity index (χ4n) is 4.19. The molecule has 0 radical (unpaired) electrons. The second-order valence-corrected chi connectivity index (χ2v) is 7.78. The second-order valence-electron chi connectivity index (χ2n) is 7.78. The molecule has 0 amide bonds. The molecule has 2 aliphatic heterocycles. The Labute approximate surface area is 176 Å². The van der Waals surface area contributed by atoms with E-state index < -0.39 is 17.9 Å². The maximum absolute atomic E-state index is 13.6. The number of ether oxygens (including phenoxy) is 1. The van der Waals surface area contributed by atoms with Gasteiger partial charge in [-0.2, -0.15) is 23.1 Å². The molecule has 0 saturated carbocycles. The zero-order chi connectivity index (χ0) is 21.6. The number of hydrogen-bond acceptors (Lipinski definition) is 7. The van der Waals surface area contributed by atoms with Crippen molar-refractivity contribution in [3.05, 3.63) is 47.9 Å². The predicted octanol–water partition coefficient (Wildman–Crippen LogP) is 3.62. The van der Waals surface area contributed by atoms with Crippen LogP contribution in [0.5, 0.6) is 0 Å². The van der Waals surface area contributed by atoms with Crippen molar-refractivity contribution in [3.8, 4) is 0 Å². The Bertz CT molecular complexity index is 1110. The summed E-state index contributed by atoms with van der Waals surface area (Å²) in [6.07, 6.45) is -1.09. The second kappa shape index (κ2) is 7.60. The quantitative estimate of drug-likeness (QED) is 0.629. The molecule has 7 nitrogen and oxygen atoms in total. The molecule has 10 heteroatoms. The predicted molar refractivity (Wildman–Crippen MR) is 109 cm³/mol. The molecule has 2 atom stereocenters. The molecule has 0 N–H and O–H groups in total. The van der Waals surface area contributed by atoms with E-state index in [-0.39, 0.29) is 11.6 Å². The van der Waals surface area contributed by atoms with Crippen molar-refractivity contribution >= 4 is 22.8 Å². The summed E-state index contributed by atoms with van der Waals surface area (Å²) >= 11 is 0. The first-order valence-electron chi connectivity index (χ1n) is 10.2. The van der Waals surface area contributed by atoms with E-state index in [1.165, 1.54) is 12.3 Å². The van der Waals surface area contributed by atoms with Crippen molar-refractivity contribution in [2.24, 2.45) is 0 Å². The molecule has 2 fully saturated rings. The number of alkyl halides is 3. The van der Waals surface area contributed by atoms with E-state index in [9.17, 15) is 13.2 Å². The number of hydrogen-bond donors (Lipinski definition) is 0. The van der Waals surface area contributed by atoms with Gasteiger partial charge in [0.1, 0.15) is 11.5 Å². The molecule has 3 aromatic heterocycles. The molecule has 0 aliphatic carbocycles. The Hall–Kier alpha value is -3.01. The van der Waals surface area contributed by atoms with Crippen LogP contribution in [0.2, 0.25) is 0 Å². The molecule has 2 saturated heterocycles. The third kappa shape index (κ3) is 3.54. The Morgan fingerprint density at radius 2 is 1.84 bits per heavy atom. The first kappa shape index (κ1) is 19.9. The maximum Gasteiger partial charge on any atom is 0.433 e. The van der Waals surface area contributed by atoms with Crippen LogP contribution in [-0.4, -0.2) is 52.3 Å². The highest BCUT2D eigenvalue weighted by Crippen LogP contribution is 2.43. The number of halogens is 3. The minimum absolute atomic E-state index is 0.0881. The lowest BCUT2D eigenvalue weighted by Gasteiger charge is -2.43. The molecular formula is C21H21F3N6O. The summed E-state index contributed by atoms with van der Waals surface area (Å²) in [7, 11) is 0. The minimum atomic E-state index is -4.51. The Balaban J connectivity index is 1.59. The van der Waals surface area contributed by atoms with Crippen LogP contribution in [0.3, 0.4) is 0 Å². The van der Waals surface area contributed by atoms with E-state index in [4.69, 9.17) is 9.72 Å². The van der Waals surface area contributed by atoms with Crippen molar-refractivity contribution in [3.63, 3.8) is 0 Å². The van der Waals surface area contributed by atoms with Gasteiger partial charge in [0, 0.05) is 31.0 Å². The molecule has 0 spiro atoms. The molecule has 3 aromatic rings. The number of rotatable bonds is 3. The SMILES string of the molecule is C[C@@H]1COCCN1c1nc(N2CCC2c2cccnc2C(F)(F)F)c2cccnc2n1. The van der Waals surface area contributed by atoms with Gasteiger partial charge in [-0.3, -0.25) is 4.98 Å². The Morgan fingerprint density at radius 3 is 2.58 bits per heavy atom. The first-order chi connectivity index (χ1) is 14.9. The van der Waals surface area contributed by atoms with Gasteiger partial charge < -0.3 is 14.5 Å². The van der Waals surface area contributed by atoms with Crippen LogP contribution in [0.25, 0.3) is 11.0 Å². The van der Waals surface area contributed by atoms with E-state index in [1.807, 2.05) is 17.9 Å². The van der Waals surface area contributed by atoms with Gasteiger partial charge in [-0.25, -0.2) is 4.98 Å². The van der Waals surface area contributed by atoms with Gasteiger partial charge in [-0.15, -0.1) is 0 Å². The van der Waals surface area contributed by atoms with E-state index in [1.54, 1.807) is 18.3 Å². The molecule has 162 valence electrons. The number of morpholine rings is 1. The van der Waals surface area contributed by atoms with Crippen LogP contribution in [0.1, 0.15) is 30.6 Å². The normalized spacial score (nSPS) is 21.9. The van der Waals surface area contributed by atoms with E-state index >= 15 is 0 Å². The highest BCUT2D eigenvalue weighted by molar-refractivity contribution is 5.88. The average molecular weight is 430 g/mol. The maximum atomic E-state index is 13.6. The van der Waals surface area contributed by atoms with Crippen LogP contribution in [0.4, 0.5) is 24.9 Å². The third-order valence-electron chi connectivity index (χ3n) is 5.82. The summed E-state index contributed by atoms with van der Waals surface area (Å²) in [4.78, 5) is 21.4. The van der Waals surface area contributed by atoms with Crippen LogP contribution in [0.15, 0.2) is 36.7 Å². The van der Waals surface area contributed by atoms with Gasteiger partial charge in [0.05, 0.1) is 30.7 Å².